The Balaban J connectivity index is 1.85. The molecule has 0 aromatic carbocycles. The highest BCUT2D eigenvalue weighted by molar-refractivity contribution is 6.62. The summed E-state index contributed by atoms with van der Waals surface area (Å²) in [5.41, 5.74) is -4.03. The van der Waals surface area contributed by atoms with Crippen LogP contribution < -0.4 is 10.2 Å². The maximum Gasteiger partial charge on any atom is 0.496 e. The van der Waals surface area contributed by atoms with E-state index in [2.05, 4.69) is 9.72 Å². The second kappa shape index (κ2) is 9.70. The van der Waals surface area contributed by atoms with Crippen LogP contribution in [0.15, 0.2) is 12.3 Å². The Morgan fingerprint density at radius 3 is 2.22 bits per heavy atom. The number of rotatable bonds is 6. The lowest BCUT2D eigenvalue weighted by molar-refractivity contribution is -0.258. The van der Waals surface area contributed by atoms with E-state index in [-0.39, 0.29) is 11.4 Å². The van der Waals surface area contributed by atoms with Crippen molar-refractivity contribution in [3.05, 3.63) is 17.8 Å². The number of carbonyl (C=O) groups excluding carboxylic acids is 2. The SMILES string of the molecule is COc1ncc(B2OC(C)(C)C(C)(C)O2)cc1C(=O)N(C)[C@@H]1CN(C(=O)C(C)(OC)C(F)(F)F)C[C@@H]1F. The number of likely N-dealkylation sites (N-methyl/N-ethyl adjacent to an activating group) is 1. The summed E-state index contributed by atoms with van der Waals surface area (Å²) >= 11 is 0. The van der Waals surface area contributed by atoms with E-state index >= 15 is 0 Å². The standard InChI is InChI=1S/C23H32BF4N3O6/c1-20(2)21(3,4)37-24(36-20)13-9-14(17(34-7)29-10-13)18(32)30(6)16-12-31(11-15(16)25)19(33)22(5,35-8)23(26,27)28/h9-10,15-16H,11-12H2,1-8H3/t15-,16+,22?/m0/s1. The molecule has 0 saturated carbocycles. The number of ether oxygens (including phenoxy) is 2. The summed E-state index contributed by atoms with van der Waals surface area (Å²) in [5, 5.41) is 0. The Morgan fingerprint density at radius 1 is 1.16 bits per heavy atom. The number of hydrogen-bond acceptors (Lipinski definition) is 7. The number of hydrogen-bond donors (Lipinski definition) is 0. The van der Waals surface area contributed by atoms with Crippen molar-refractivity contribution < 1.29 is 45.9 Å². The summed E-state index contributed by atoms with van der Waals surface area (Å²) in [4.78, 5) is 32.0. The van der Waals surface area contributed by atoms with E-state index in [0.717, 1.165) is 12.0 Å². The third-order valence-electron chi connectivity index (χ3n) is 7.50. The van der Waals surface area contributed by atoms with Crippen molar-refractivity contribution in [2.45, 2.75) is 69.8 Å². The number of pyridine rings is 1. The highest BCUT2D eigenvalue weighted by Crippen LogP contribution is 2.37. The summed E-state index contributed by atoms with van der Waals surface area (Å²) in [7, 11) is 2.54. The molecule has 206 valence electrons. The molecular formula is C23H32BF4N3O6. The summed E-state index contributed by atoms with van der Waals surface area (Å²) in [6.45, 7) is 6.97. The molecule has 1 aromatic rings. The Morgan fingerprint density at radius 2 is 1.73 bits per heavy atom. The van der Waals surface area contributed by atoms with Crippen LogP contribution in [-0.4, -0.2) is 103 Å². The molecule has 0 aliphatic carbocycles. The molecule has 3 atom stereocenters. The van der Waals surface area contributed by atoms with E-state index in [1.54, 1.807) is 0 Å². The van der Waals surface area contributed by atoms with Crippen LogP contribution in [0.25, 0.3) is 0 Å². The minimum atomic E-state index is -5.02. The summed E-state index contributed by atoms with van der Waals surface area (Å²) in [6, 6.07) is 0.250. The molecule has 0 spiro atoms. The molecule has 14 heteroatoms. The second-order valence-electron chi connectivity index (χ2n) is 10.4. The van der Waals surface area contributed by atoms with Crippen molar-refractivity contribution in [1.82, 2.24) is 14.8 Å². The highest BCUT2D eigenvalue weighted by atomic mass is 19.4. The molecule has 3 heterocycles. The molecule has 2 saturated heterocycles. The average Bonchev–Trinajstić information content (AvgIpc) is 3.31. The van der Waals surface area contributed by atoms with Crippen molar-refractivity contribution >= 4 is 24.4 Å². The first-order valence-corrected chi connectivity index (χ1v) is 11.6. The van der Waals surface area contributed by atoms with Crippen molar-refractivity contribution in [2.24, 2.45) is 0 Å². The lowest BCUT2D eigenvalue weighted by Crippen LogP contribution is -2.57. The zero-order valence-electron chi connectivity index (χ0n) is 22.1. The van der Waals surface area contributed by atoms with Crippen molar-refractivity contribution in [2.75, 3.05) is 34.4 Å². The van der Waals surface area contributed by atoms with Crippen molar-refractivity contribution in [3.63, 3.8) is 0 Å². The van der Waals surface area contributed by atoms with E-state index in [0.29, 0.717) is 17.3 Å². The monoisotopic (exact) mass is 533 g/mol. The number of amides is 2. The van der Waals surface area contributed by atoms with E-state index < -0.39 is 67.2 Å². The zero-order chi connectivity index (χ0) is 28.1. The van der Waals surface area contributed by atoms with E-state index in [4.69, 9.17) is 14.0 Å². The first kappa shape index (κ1) is 29.1. The fraction of sp³-hybridized carbons (Fsp3) is 0.696. The molecule has 9 nitrogen and oxygen atoms in total. The second-order valence-corrected chi connectivity index (χ2v) is 10.4. The largest absolute Gasteiger partial charge is 0.496 e. The Bertz CT molecular complexity index is 1040. The Kier molecular flexibility index (Phi) is 7.63. The summed E-state index contributed by atoms with van der Waals surface area (Å²) < 4.78 is 77.2. The van der Waals surface area contributed by atoms with Crippen LogP contribution in [0, 0.1) is 0 Å². The van der Waals surface area contributed by atoms with Crippen LogP contribution in [0.3, 0.4) is 0 Å². The van der Waals surface area contributed by atoms with Crippen LogP contribution in [0.5, 0.6) is 5.88 Å². The molecule has 1 unspecified atom stereocenters. The van der Waals surface area contributed by atoms with Crippen LogP contribution in [-0.2, 0) is 18.8 Å². The molecule has 2 fully saturated rings. The van der Waals surface area contributed by atoms with Gasteiger partial charge in [0, 0.05) is 32.4 Å². The van der Waals surface area contributed by atoms with E-state index in [1.807, 2.05) is 27.7 Å². The van der Waals surface area contributed by atoms with Crippen LogP contribution in [0.4, 0.5) is 17.6 Å². The number of aromatic nitrogens is 1. The molecule has 2 aliphatic heterocycles. The van der Waals surface area contributed by atoms with Crippen LogP contribution in [0.2, 0.25) is 0 Å². The molecule has 0 bridgehead atoms. The molecule has 2 aliphatic rings. The topological polar surface area (TPSA) is 90.4 Å². The number of methoxy groups -OCH3 is 2. The van der Waals surface area contributed by atoms with Gasteiger partial charge in [-0.1, -0.05) is 0 Å². The number of likely N-dealkylation sites (tertiary alicyclic amines) is 1. The van der Waals surface area contributed by atoms with Gasteiger partial charge < -0.3 is 28.6 Å². The van der Waals surface area contributed by atoms with Gasteiger partial charge in [-0.15, -0.1) is 0 Å². The third kappa shape index (κ3) is 5.02. The van der Waals surface area contributed by atoms with Crippen LogP contribution >= 0.6 is 0 Å². The lowest BCUT2D eigenvalue weighted by Gasteiger charge is -2.33. The maximum absolute atomic E-state index is 15.0. The third-order valence-corrected chi connectivity index (χ3v) is 7.50. The summed E-state index contributed by atoms with van der Waals surface area (Å²) in [5.74, 6) is -2.17. The Labute approximate surface area is 213 Å². The molecular weight excluding hydrogens is 501 g/mol. The fourth-order valence-corrected chi connectivity index (χ4v) is 4.14. The normalized spacial score (nSPS) is 24.6. The molecule has 0 N–H and O–H groups in total. The highest BCUT2D eigenvalue weighted by Gasteiger charge is 2.60. The Hall–Kier alpha value is -2.45. The summed E-state index contributed by atoms with van der Waals surface area (Å²) in [6.07, 6.45) is -5.37. The van der Waals surface area contributed by atoms with Gasteiger partial charge in [0.05, 0.1) is 30.9 Å². The smallest absolute Gasteiger partial charge is 0.480 e. The number of carbonyl (C=O) groups is 2. The van der Waals surface area contributed by atoms with Gasteiger partial charge >= 0.3 is 13.3 Å². The van der Waals surface area contributed by atoms with Gasteiger partial charge in [0.2, 0.25) is 11.5 Å². The van der Waals surface area contributed by atoms with Gasteiger partial charge in [0.15, 0.2) is 0 Å². The zero-order valence-corrected chi connectivity index (χ0v) is 22.1. The van der Waals surface area contributed by atoms with E-state index in [9.17, 15) is 27.2 Å². The van der Waals surface area contributed by atoms with Gasteiger partial charge in [-0.25, -0.2) is 9.37 Å². The minimum Gasteiger partial charge on any atom is -0.480 e. The first-order valence-electron chi connectivity index (χ1n) is 11.6. The average molecular weight is 533 g/mol. The van der Waals surface area contributed by atoms with Gasteiger partial charge in [-0.3, -0.25) is 9.59 Å². The first-order chi connectivity index (χ1) is 16.9. The minimum absolute atomic E-state index is 0.0220. The fourth-order valence-electron chi connectivity index (χ4n) is 4.14. The van der Waals surface area contributed by atoms with Crippen LogP contribution in [0.1, 0.15) is 45.0 Å². The molecule has 3 rings (SSSR count). The molecule has 2 amide bonds. The van der Waals surface area contributed by atoms with Gasteiger partial charge in [-0.2, -0.15) is 13.2 Å². The predicted octanol–water partition coefficient (Wildman–Crippen LogP) is 1.98. The maximum atomic E-state index is 15.0. The lowest BCUT2D eigenvalue weighted by atomic mass is 9.79. The quantitative estimate of drug-likeness (QED) is 0.408. The predicted molar refractivity (Wildman–Crippen MR) is 125 cm³/mol. The number of halogens is 4. The molecule has 37 heavy (non-hydrogen) atoms. The molecule has 1 aromatic heterocycles. The molecule has 0 radical (unpaired) electrons. The van der Waals surface area contributed by atoms with Gasteiger partial charge in [0.1, 0.15) is 11.7 Å². The van der Waals surface area contributed by atoms with E-state index in [1.165, 1.54) is 26.4 Å². The number of nitrogens with zero attached hydrogens (tertiary/aromatic N) is 3. The van der Waals surface area contributed by atoms with Gasteiger partial charge in [0.25, 0.3) is 11.8 Å². The van der Waals surface area contributed by atoms with Crippen molar-refractivity contribution in [3.8, 4) is 5.88 Å². The van der Waals surface area contributed by atoms with Crippen molar-refractivity contribution in [1.29, 1.82) is 0 Å². The number of alkyl halides is 4. The van der Waals surface area contributed by atoms with Gasteiger partial charge in [-0.05, 0) is 40.7 Å².